The second kappa shape index (κ2) is 3.53. The van der Waals surface area contributed by atoms with Gasteiger partial charge in [-0.2, -0.15) is 0 Å². The molecule has 0 aliphatic rings. The first kappa shape index (κ1) is 10.2. The van der Waals surface area contributed by atoms with Gasteiger partial charge in [0.05, 0.1) is 22.5 Å². The lowest BCUT2D eigenvalue weighted by molar-refractivity contribution is 0.532. The summed E-state index contributed by atoms with van der Waals surface area (Å²) in [6.45, 7) is 1.85. The standard InChI is InChI=1S/C12H9ClN2O2/c1-6-7(2-3-16-6)12-15-10-4-8(13)9(14)5-11(10)17-12/h2-5H,14H2,1H3. The molecule has 4 nitrogen and oxygen atoms in total. The minimum absolute atomic E-state index is 0.473. The molecular formula is C12H9ClN2O2. The Bertz CT molecular complexity index is 661. The van der Waals surface area contributed by atoms with E-state index in [-0.39, 0.29) is 0 Å². The summed E-state index contributed by atoms with van der Waals surface area (Å²) in [6, 6.07) is 5.17. The SMILES string of the molecule is Cc1occc1-c1nc2cc(Cl)c(N)cc2o1. The van der Waals surface area contributed by atoms with Crippen molar-refractivity contribution in [2.75, 3.05) is 5.73 Å². The van der Waals surface area contributed by atoms with Crippen LogP contribution < -0.4 is 5.73 Å². The average Bonchev–Trinajstić information content (AvgIpc) is 2.85. The summed E-state index contributed by atoms with van der Waals surface area (Å²) in [7, 11) is 0. The van der Waals surface area contributed by atoms with Gasteiger partial charge in [-0.05, 0) is 19.1 Å². The predicted molar refractivity (Wildman–Crippen MR) is 65.9 cm³/mol. The van der Waals surface area contributed by atoms with Crippen LogP contribution in [0.2, 0.25) is 5.02 Å². The molecule has 0 unspecified atom stereocenters. The van der Waals surface area contributed by atoms with Crippen LogP contribution in [0.4, 0.5) is 5.69 Å². The molecule has 0 spiro atoms. The highest BCUT2D eigenvalue weighted by molar-refractivity contribution is 6.33. The zero-order valence-electron chi connectivity index (χ0n) is 9.03. The van der Waals surface area contributed by atoms with E-state index >= 15 is 0 Å². The third kappa shape index (κ3) is 1.57. The number of hydrogen-bond acceptors (Lipinski definition) is 4. The van der Waals surface area contributed by atoms with Gasteiger partial charge in [0.25, 0.3) is 0 Å². The smallest absolute Gasteiger partial charge is 0.230 e. The van der Waals surface area contributed by atoms with Crippen LogP contribution in [-0.2, 0) is 0 Å². The quantitative estimate of drug-likeness (QED) is 0.668. The number of anilines is 1. The second-order valence-corrected chi connectivity index (χ2v) is 4.16. The van der Waals surface area contributed by atoms with Crippen LogP contribution in [0.15, 0.2) is 33.3 Å². The van der Waals surface area contributed by atoms with Gasteiger partial charge in [0.1, 0.15) is 11.3 Å². The number of rotatable bonds is 1. The summed E-state index contributed by atoms with van der Waals surface area (Å²) in [6.07, 6.45) is 1.60. The number of nitrogens with two attached hydrogens (primary N) is 1. The van der Waals surface area contributed by atoms with E-state index in [4.69, 9.17) is 26.2 Å². The van der Waals surface area contributed by atoms with E-state index in [9.17, 15) is 0 Å². The number of nitrogen functional groups attached to an aromatic ring is 1. The summed E-state index contributed by atoms with van der Waals surface area (Å²) in [5.41, 5.74) is 8.31. The summed E-state index contributed by atoms with van der Waals surface area (Å²) in [5.74, 6) is 1.27. The maximum atomic E-state index is 5.93. The Hall–Kier alpha value is -1.94. The third-order valence-electron chi connectivity index (χ3n) is 2.60. The Morgan fingerprint density at radius 3 is 2.88 bits per heavy atom. The van der Waals surface area contributed by atoms with Gasteiger partial charge in [-0.1, -0.05) is 11.6 Å². The van der Waals surface area contributed by atoms with Gasteiger partial charge in [-0.15, -0.1) is 0 Å². The molecule has 0 radical (unpaired) electrons. The lowest BCUT2D eigenvalue weighted by Gasteiger charge is -1.94. The van der Waals surface area contributed by atoms with Gasteiger partial charge in [-0.3, -0.25) is 0 Å². The third-order valence-corrected chi connectivity index (χ3v) is 2.92. The Kier molecular flexibility index (Phi) is 2.12. The minimum atomic E-state index is 0.473. The number of nitrogens with zero attached hydrogens (tertiary/aromatic N) is 1. The highest BCUT2D eigenvalue weighted by Gasteiger charge is 2.13. The molecule has 86 valence electrons. The van der Waals surface area contributed by atoms with Crippen molar-refractivity contribution >= 4 is 28.4 Å². The van der Waals surface area contributed by atoms with Gasteiger partial charge < -0.3 is 14.6 Å². The van der Waals surface area contributed by atoms with Crippen molar-refractivity contribution in [2.24, 2.45) is 0 Å². The summed E-state index contributed by atoms with van der Waals surface area (Å²) in [4.78, 5) is 4.35. The van der Waals surface area contributed by atoms with Gasteiger partial charge in [0, 0.05) is 6.07 Å². The Morgan fingerprint density at radius 1 is 1.35 bits per heavy atom. The molecule has 0 atom stereocenters. The summed E-state index contributed by atoms with van der Waals surface area (Å²) >= 11 is 5.93. The van der Waals surface area contributed by atoms with E-state index in [0.717, 1.165) is 11.3 Å². The van der Waals surface area contributed by atoms with Crippen LogP contribution in [0.5, 0.6) is 0 Å². The fourth-order valence-electron chi connectivity index (χ4n) is 1.69. The molecule has 0 aliphatic heterocycles. The zero-order valence-corrected chi connectivity index (χ0v) is 9.78. The highest BCUT2D eigenvalue weighted by atomic mass is 35.5. The number of hydrogen-bond donors (Lipinski definition) is 1. The maximum absolute atomic E-state index is 5.93. The van der Waals surface area contributed by atoms with Gasteiger partial charge >= 0.3 is 0 Å². The molecule has 0 aliphatic carbocycles. The first-order chi connectivity index (χ1) is 8.15. The fraction of sp³-hybridized carbons (Fsp3) is 0.0833. The molecule has 0 amide bonds. The van der Waals surface area contributed by atoms with Crippen molar-refractivity contribution in [1.82, 2.24) is 4.98 Å². The number of aryl methyl sites for hydroxylation is 1. The zero-order chi connectivity index (χ0) is 12.0. The van der Waals surface area contributed by atoms with E-state index in [1.54, 1.807) is 18.4 Å². The van der Waals surface area contributed by atoms with E-state index in [2.05, 4.69) is 4.98 Å². The van der Waals surface area contributed by atoms with Crippen LogP contribution in [0.25, 0.3) is 22.6 Å². The van der Waals surface area contributed by atoms with E-state index in [1.165, 1.54) is 0 Å². The topological polar surface area (TPSA) is 65.2 Å². The van der Waals surface area contributed by atoms with Gasteiger partial charge in [-0.25, -0.2) is 4.98 Å². The van der Waals surface area contributed by atoms with Gasteiger partial charge in [0.15, 0.2) is 5.58 Å². The number of halogens is 1. The predicted octanol–water partition coefficient (Wildman–Crippen LogP) is 3.63. The van der Waals surface area contributed by atoms with Crippen molar-refractivity contribution in [1.29, 1.82) is 0 Å². The molecule has 3 rings (SSSR count). The largest absolute Gasteiger partial charge is 0.469 e. The molecule has 0 bridgehead atoms. The summed E-state index contributed by atoms with van der Waals surface area (Å²) in [5, 5.41) is 0.473. The van der Waals surface area contributed by atoms with Crippen LogP contribution in [0, 0.1) is 6.92 Å². The van der Waals surface area contributed by atoms with E-state index < -0.39 is 0 Å². The lowest BCUT2D eigenvalue weighted by atomic mass is 10.2. The average molecular weight is 249 g/mol. The fourth-order valence-corrected chi connectivity index (χ4v) is 1.84. The molecular weight excluding hydrogens is 240 g/mol. The Labute approximate surface area is 102 Å². The molecule has 0 saturated heterocycles. The lowest BCUT2D eigenvalue weighted by Crippen LogP contribution is -1.84. The van der Waals surface area contributed by atoms with Gasteiger partial charge in [0.2, 0.25) is 5.89 Å². The van der Waals surface area contributed by atoms with Crippen molar-refractivity contribution in [3.05, 3.63) is 35.2 Å². The number of aromatic nitrogens is 1. The van der Waals surface area contributed by atoms with E-state index in [1.807, 2.05) is 13.0 Å². The highest BCUT2D eigenvalue weighted by Crippen LogP contribution is 2.31. The molecule has 2 N–H and O–H groups in total. The van der Waals surface area contributed by atoms with Crippen LogP contribution in [-0.4, -0.2) is 4.98 Å². The molecule has 1 aromatic carbocycles. The Morgan fingerprint density at radius 2 is 2.18 bits per heavy atom. The number of furan rings is 1. The maximum Gasteiger partial charge on any atom is 0.230 e. The van der Waals surface area contributed by atoms with Crippen LogP contribution in [0.3, 0.4) is 0 Å². The molecule has 2 heterocycles. The van der Waals surface area contributed by atoms with Crippen LogP contribution >= 0.6 is 11.6 Å². The molecule has 5 heteroatoms. The summed E-state index contributed by atoms with van der Waals surface area (Å²) < 4.78 is 10.8. The minimum Gasteiger partial charge on any atom is -0.469 e. The van der Waals surface area contributed by atoms with Crippen molar-refractivity contribution < 1.29 is 8.83 Å². The normalized spacial score (nSPS) is 11.2. The Balaban J connectivity index is 2.24. The molecule has 17 heavy (non-hydrogen) atoms. The number of fused-ring (bicyclic) bond motifs is 1. The second-order valence-electron chi connectivity index (χ2n) is 3.75. The first-order valence-corrected chi connectivity index (χ1v) is 5.43. The van der Waals surface area contributed by atoms with E-state index in [0.29, 0.717) is 27.7 Å². The monoisotopic (exact) mass is 248 g/mol. The molecule has 0 fully saturated rings. The first-order valence-electron chi connectivity index (χ1n) is 5.05. The molecule has 0 saturated carbocycles. The van der Waals surface area contributed by atoms with Crippen molar-refractivity contribution in [3.8, 4) is 11.5 Å². The molecule has 2 aromatic heterocycles. The van der Waals surface area contributed by atoms with Crippen LogP contribution in [0.1, 0.15) is 5.76 Å². The number of benzene rings is 1. The number of oxazole rings is 1. The molecule has 3 aromatic rings. The van der Waals surface area contributed by atoms with Crippen molar-refractivity contribution in [3.63, 3.8) is 0 Å². The van der Waals surface area contributed by atoms with Crippen molar-refractivity contribution in [2.45, 2.75) is 6.92 Å².